The molecule has 0 spiro atoms. The molecule has 2 fully saturated rings. The molecule has 0 unspecified atom stereocenters. The third-order valence-corrected chi connectivity index (χ3v) is 2.96. The number of carbonyl (C=O) groups excluding carboxylic acids is 1. The van der Waals surface area contributed by atoms with Crippen LogP contribution in [-0.4, -0.2) is 47.6 Å². The van der Waals surface area contributed by atoms with Crippen molar-refractivity contribution in [2.75, 3.05) is 6.61 Å². The first-order valence-corrected chi connectivity index (χ1v) is 5.64. The number of hydrogen-bond acceptors (Lipinski definition) is 6. The average molecular weight is 256 g/mol. The maximum atomic E-state index is 11.2. The van der Waals surface area contributed by atoms with Crippen molar-refractivity contribution in [1.29, 1.82) is 0 Å². The van der Waals surface area contributed by atoms with E-state index in [1.54, 1.807) is 13.8 Å². The van der Waals surface area contributed by atoms with Gasteiger partial charge >= 0.3 is 5.97 Å². The molecule has 0 radical (unpaired) electrons. The summed E-state index contributed by atoms with van der Waals surface area (Å²) in [6.45, 7) is 4.26. The number of ether oxygens (including phenoxy) is 4. The second kappa shape index (κ2) is 4.21. The van der Waals surface area contributed by atoms with Crippen LogP contribution in [0.4, 0.5) is 0 Å². The summed E-state index contributed by atoms with van der Waals surface area (Å²) >= 11 is 0. The summed E-state index contributed by atoms with van der Waals surface area (Å²) in [5.74, 6) is 0.943. The van der Waals surface area contributed by atoms with Crippen LogP contribution >= 0.6 is 0 Å². The minimum atomic E-state index is -1.46. The number of aliphatic hydroxyl groups excluding tert-OH is 1. The van der Waals surface area contributed by atoms with E-state index in [4.69, 9.17) is 25.4 Å². The molecule has 0 aromatic heterocycles. The third kappa shape index (κ3) is 1.89. The summed E-state index contributed by atoms with van der Waals surface area (Å²) < 4.78 is 21.8. The van der Waals surface area contributed by atoms with Crippen LogP contribution in [-0.2, 0) is 23.7 Å². The smallest absolute Gasteiger partial charge is 0.304 e. The number of fused-ring (bicyclic) bond motifs is 1. The molecule has 2 heterocycles. The molecule has 100 valence electrons. The van der Waals surface area contributed by atoms with E-state index >= 15 is 0 Å². The molecule has 2 rings (SSSR count). The summed E-state index contributed by atoms with van der Waals surface area (Å²) in [6.07, 6.45) is 3.10. The highest BCUT2D eigenvalue weighted by atomic mass is 16.8. The van der Waals surface area contributed by atoms with Gasteiger partial charge in [0.25, 0.3) is 0 Å². The zero-order valence-electron chi connectivity index (χ0n) is 10.5. The van der Waals surface area contributed by atoms with E-state index in [0.29, 0.717) is 0 Å². The monoisotopic (exact) mass is 256 g/mol. The maximum absolute atomic E-state index is 11.2. The van der Waals surface area contributed by atoms with Gasteiger partial charge in [0, 0.05) is 6.92 Å². The summed E-state index contributed by atoms with van der Waals surface area (Å²) in [5, 5.41) is 9.31. The topological polar surface area (TPSA) is 74.2 Å². The zero-order valence-corrected chi connectivity index (χ0v) is 10.5. The molecule has 0 aromatic carbocycles. The van der Waals surface area contributed by atoms with E-state index in [9.17, 15) is 9.90 Å². The second-order valence-electron chi connectivity index (χ2n) is 4.76. The summed E-state index contributed by atoms with van der Waals surface area (Å²) in [7, 11) is 0. The number of hydrogen-bond donors (Lipinski definition) is 1. The van der Waals surface area contributed by atoms with Crippen molar-refractivity contribution >= 4 is 5.97 Å². The van der Waals surface area contributed by atoms with Crippen LogP contribution in [0.5, 0.6) is 0 Å². The zero-order chi connectivity index (χ0) is 13.6. The third-order valence-electron chi connectivity index (χ3n) is 2.96. The van der Waals surface area contributed by atoms with Gasteiger partial charge in [-0.25, -0.2) is 0 Å². The Bertz CT molecular complexity index is 398. The fraction of sp³-hybridized carbons (Fsp3) is 0.750. The van der Waals surface area contributed by atoms with Crippen LogP contribution in [0.2, 0.25) is 0 Å². The van der Waals surface area contributed by atoms with Crippen molar-refractivity contribution in [2.24, 2.45) is 0 Å². The SMILES string of the molecule is C#C[C@@]1(OC(C)=O)[C@@H](CO)O[C@@H]2OC(C)(C)O[C@@H]21. The molecule has 0 saturated carbocycles. The maximum Gasteiger partial charge on any atom is 0.304 e. The number of terminal acetylenes is 1. The molecule has 1 N–H and O–H groups in total. The molecular formula is C12H16O6. The highest BCUT2D eigenvalue weighted by molar-refractivity contribution is 5.67. The van der Waals surface area contributed by atoms with Crippen molar-refractivity contribution in [3.05, 3.63) is 0 Å². The van der Waals surface area contributed by atoms with Crippen molar-refractivity contribution < 1.29 is 28.8 Å². The molecule has 0 aromatic rings. The quantitative estimate of drug-likeness (QED) is 0.544. The van der Waals surface area contributed by atoms with Crippen LogP contribution in [0.25, 0.3) is 0 Å². The standard InChI is InChI=1S/C12H16O6/c1-5-12(16-7(2)14)8(6-13)15-10-9(12)17-11(3,4)18-10/h1,8-10,13H,6H2,2-4H3/t8-,9+,10-,12-/m1/s1. The van der Waals surface area contributed by atoms with Gasteiger partial charge in [-0.05, 0) is 13.8 Å². The minimum Gasteiger partial charge on any atom is -0.440 e. The highest BCUT2D eigenvalue weighted by Gasteiger charge is 2.65. The molecule has 2 saturated heterocycles. The van der Waals surface area contributed by atoms with Crippen molar-refractivity contribution in [3.63, 3.8) is 0 Å². The molecule has 4 atom stereocenters. The van der Waals surface area contributed by atoms with Gasteiger partial charge in [0.05, 0.1) is 6.61 Å². The van der Waals surface area contributed by atoms with Crippen LogP contribution in [0.15, 0.2) is 0 Å². The summed E-state index contributed by atoms with van der Waals surface area (Å²) in [5.41, 5.74) is -1.46. The van der Waals surface area contributed by atoms with Crippen LogP contribution < -0.4 is 0 Å². The molecule has 2 aliphatic heterocycles. The molecule has 6 nitrogen and oxygen atoms in total. The van der Waals surface area contributed by atoms with E-state index < -0.39 is 42.5 Å². The predicted molar refractivity (Wildman–Crippen MR) is 59.1 cm³/mol. The first-order chi connectivity index (χ1) is 8.34. The Morgan fingerprint density at radius 2 is 2.17 bits per heavy atom. The van der Waals surface area contributed by atoms with Crippen LogP contribution in [0.3, 0.4) is 0 Å². The van der Waals surface area contributed by atoms with Gasteiger partial charge in [-0.1, -0.05) is 5.92 Å². The number of aliphatic hydroxyl groups is 1. The lowest BCUT2D eigenvalue weighted by Gasteiger charge is -2.32. The van der Waals surface area contributed by atoms with E-state index in [1.165, 1.54) is 6.92 Å². The van der Waals surface area contributed by atoms with Gasteiger partial charge in [0.15, 0.2) is 18.2 Å². The molecule has 18 heavy (non-hydrogen) atoms. The van der Waals surface area contributed by atoms with Gasteiger partial charge < -0.3 is 24.1 Å². The Balaban J connectivity index is 2.34. The lowest BCUT2D eigenvalue weighted by molar-refractivity contribution is -0.230. The first kappa shape index (κ1) is 13.3. The van der Waals surface area contributed by atoms with Crippen LogP contribution in [0, 0.1) is 12.3 Å². The molecule has 2 aliphatic rings. The van der Waals surface area contributed by atoms with Crippen molar-refractivity contribution in [1.82, 2.24) is 0 Å². The van der Waals surface area contributed by atoms with Gasteiger partial charge in [0.2, 0.25) is 5.60 Å². The normalized spacial score (nSPS) is 41.2. The Kier molecular flexibility index (Phi) is 3.11. The number of esters is 1. The minimum absolute atomic E-state index is 0.391. The van der Waals surface area contributed by atoms with Crippen molar-refractivity contribution in [2.45, 2.75) is 50.7 Å². The highest BCUT2D eigenvalue weighted by Crippen LogP contribution is 2.44. The average Bonchev–Trinajstić information content (AvgIpc) is 2.70. The predicted octanol–water partition coefficient (Wildman–Crippen LogP) is -0.210. The Morgan fingerprint density at radius 1 is 1.50 bits per heavy atom. The fourth-order valence-electron chi connectivity index (χ4n) is 2.31. The van der Waals surface area contributed by atoms with Gasteiger partial charge in [0.1, 0.15) is 6.10 Å². The summed E-state index contributed by atoms with van der Waals surface area (Å²) in [4.78, 5) is 11.2. The largest absolute Gasteiger partial charge is 0.440 e. The van der Waals surface area contributed by atoms with Gasteiger partial charge in [-0.3, -0.25) is 4.79 Å². The van der Waals surface area contributed by atoms with Crippen molar-refractivity contribution in [3.8, 4) is 12.3 Å². The second-order valence-corrected chi connectivity index (χ2v) is 4.76. The fourth-order valence-corrected chi connectivity index (χ4v) is 2.31. The summed E-state index contributed by atoms with van der Waals surface area (Å²) in [6, 6.07) is 0. The lowest BCUT2D eigenvalue weighted by atomic mass is 9.93. The Hall–Kier alpha value is -1.13. The van der Waals surface area contributed by atoms with Gasteiger partial charge in [-0.15, -0.1) is 6.42 Å². The van der Waals surface area contributed by atoms with Crippen LogP contribution in [0.1, 0.15) is 20.8 Å². The number of rotatable bonds is 2. The molecule has 0 bridgehead atoms. The molecular weight excluding hydrogens is 240 g/mol. The lowest BCUT2D eigenvalue weighted by Crippen LogP contribution is -2.52. The number of carbonyl (C=O) groups is 1. The van der Waals surface area contributed by atoms with Gasteiger partial charge in [-0.2, -0.15) is 0 Å². The van der Waals surface area contributed by atoms with E-state index in [2.05, 4.69) is 5.92 Å². The molecule has 0 aliphatic carbocycles. The Labute approximate surface area is 105 Å². The van der Waals surface area contributed by atoms with E-state index in [0.717, 1.165) is 0 Å². The molecule has 0 amide bonds. The first-order valence-electron chi connectivity index (χ1n) is 5.64. The van der Waals surface area contributed by atoms with E-state index in [-0.39, 0.29) is 0 Å². The molecule has 6 heteroatoms. The Morgan fingerprint density at radius 3 is 2.67 bits per heavy atom. The van der Waals surface area contributed by atoms with E-state index in [1.807, 2.05) is 0 Å².